The molecule has 0 aliphatic heterocycles. The molecule has 1 saturated carbocycles. The quantitative estimate of drug-likeness (QED) is 0.861. The summed E-state index contributed by atoms with van der Waals surface area (Å²) in [4.78, 5) is 0. The molecule has 5 nitrogen and oxygen atoms in total. The van der Waals surface area contributed by atoms with Gasteiger partial charge in [-0.2, -0.15) is 0 Å². The molecule has 3 rings (SSSR count). The number of halogens is 2. The third-order valence-corrected chi connectivity index (χ3v) is 4.01. The fourth-order valence-corrected chi connectivity index (χ4v) is 2.44. The molecular formula is C11H11Cl2N5. The fourth-order valence-electron chi connectivity index (χ4n) is 2.02. The molecule has 0 unspecified atom stereocenters. The van der Waals surface area contributed by atoms with Crippen LogP contribution in [-0.4, -0.2) is 20.2 Å². The predicted octanol–water partition coefficient (Wildman–Crippen LogP) is 2.95. The van der Waals surface area contributed by atoms with E-state index in [-0.39, 0.29) is 0 Å². The van der Waals surface area contributed by atoms with Crippen molar-refractivity contribution in [2.24, 2.45) is 0 Å². The minimum Gasteiger partial charge on any atom is -0.399 e. The summed E-state index contributed by atoms with van der Waals surface area (Å²) in [7, 11) is 0. The van der Waals surface area contributed by atoms with E-state index in [4.69, 9.17) is 28.9 Å². The summed E-state index contributed by atoms with van der Waals surface area (Å²) < 4.78 is 1.81. The van der Waals surface area contributed by atoms with Crippen LogP contribution in [-0.2, 0) is 0 Å². The molecule has 18 heavy (non-hydrogen) atoms. The zero-order chi connectivity index (χ0) is 12.7. The molecule has 0 atom stereocenters. The number of tetrazole rings is 1. The Morgan fingerprint density at radius 1 is 1.28 bits per heavy atom. The van der Waals surface area contributed by atoms with Crippen LogP contribution >= 0.6 is 23.2 Å². The molecule has 1 fully saturated rings. The Morgan fingerprint density at radius 3 is 2.72 bits per heavy atom. The maximum Gasteiger partial charge on any atom is 0.183 e. The summed E-state index contributed by atoms with van der Waals surface area (Å²) >= 11 is 12.2. The van der Waals surface area contributed by atoms with Crippen LogP contribution in [0.15, 0.2) is 12.1 Å². The zero-order valence-corrected chi connectivity index (χ0v) is 11.0. The Kier molecular flexibility index (Phi) is 2.87. The topological polar surface area (TPSA) is 69.6 Å². The fraction of sp³-hybridized carbons (Fsp3) is 0.364. The highest BCUT2D eigenvalue weighted by atomic mass is 35.5. The van der Waals surface area contributed by atoms with Crippen LogP contribution in [0.1, 0.15) is 25.3 Å². The van der Waals surface area contributed by atoms with Crippen LogP contribution in [0.2, 0.25) is 10.0 Å². The van der Waals surface area contributed by atoms with Gasteiger partial charge >= 0.3 is 0 Å². The smallest absolute Gasteiger partial charge is 0.183 e. The summed E-state index contributed by atoms with van der Waals surface area (Å²) in [5, 5.41) is 12.6. The van der Waals surface area contributed by atoms with Gasteiger partial charge in [-0.1, -0.05) is 23.2 Å². The second kappa shape index (κ2) is 4.40. The van der Waals surface area contributed by atoms with Crippen LogP contribution in [0.5, 0.6) is 0 Å². The molecule has 0 spiro atoms. The van der Waals surface area contributed by atoms with E-state index in [2.05, 4.69) is 15.5 Å². The number of nitrogens with two attached hydrogens (primary N) is 1. The first kappa shape index (κ1) is 11.7. The van der Waals surface area contributed by atoms with Gasteiger partial charge in [0, 0.05) is 11.3 Å². The summed E-state index contributed by atoms with van der Waals surface area (Å²) in [5.41, 5.74) is 7.01. The molecule has 2 N–H and O–H groups in total. The first-order chi connectivity index (χ1) is 8.66. The molecule has 1 aromatic carbocycles. The van der Waals surface area contributed by atoms with Crippen molar-refractivity contribution >= 4 is 28.9 Å². The van der Waals surface area contributed by atoms with E-state index in [1.54, 1.807) is 16.8 Å². The van der Waals surface area contributed by atoms with Crippen molar-refractivity contribution < 1.29 is 0 Å². The van der Waals surface area contributed by atoms with Gasteiger partial charge < -0.3 is 5.73 Å². The predicted molar refractivity (Wildman–Crippen MR) is 70.6 cm³/mol. The third-order valence-electron chi connectivity index (χ3n) is 3.20. The van der Waals surface area contributed by atoms with Gasteiger partial charge in [-0.15, -0.1) is 5.10 Å². The van der Waals surface area contributed by atoms with Gasteiger partial charge in [-0.3, -0.25) is 0 Å². The maximum atomic E-state index is 6.20. The van der Waals surface area contributed by atoms with Crippen molar-refractivity contribution in [3.63, 3.8) is 0 Å². The van der Waals surface area contributed by atoms with E-state index < -0.39 is 0 Å². The molecule has 0 radical (unpaired) electrons. The first-order valence-electron chi connectivity index (χ1n) is 5.69. The molecule has 94 valence electrons. The average Bonchev–Trinajstić information content (AvgIpc) is 2.69. The van der Waals surface area contributed by atoms with E-state index in [1.165, 1.54) is 6.42 Å². The number of nitrogens with zero attached hydrogens (tertiary/aromatic N) is 4. The molecule has 0 saturated heterocycles. The summed E-state index contributed by atoms with van der Waals surface area (Å²) in [5.74, 6) is 0.624. The molecule has 0 amide bonds. The van der Waals surface area contributed by atoms with Crippen LogP contribution < -0.4 is 5.73 Å². The Morgan fingerprint density at radius 2 is 2.06 bits per heavy atom. The number of anilines is 1. The van der Waals surface area contributed by atoms with E-state index in [0.717, 1.165) is 12.8 Å². The van der Waals surface area contributed by atoms with Gasteiger partial charge in [-0.05, 0) is 41.8 Å². The van der Waals surface area contributed by atoms with E-state index in [9.17, 15) is 0 Å². The normalized spacial score (nSPS) is 15.7. The number of hydrogen-bond acceptors (Lipinski definition) is 4. The molecular weight excluding hydrogens is 273 g/mol. The third kappa shape index (κ3) is 1.83. The average molecular weight is 284 g/mol. The maximum absolute atomic E-state index is 6.20. The zero-order valence-electron chi connectivity index (χ0n) is 9.48. The van der Waals surface area contributed by atoms with E-state index >= 15 is 0 Å². The van der Waals surface area contributed by atoms with Crippen molar-refractivity contribution in [3.05, 3.63) is 22.2 Å². The van der Waals surface area contributed by atoms with Gasteiger partial charge in [0.2, 0.25) is 0 Å². The number of benzene rings is 1. The molecule has 1 aromatic heterocycles. The summed E-state index contributed by atoms with van der Waals surface area (Å²) in [6.45, 7) is 0. The second-order valence-corrected chi connectivity index (χ2v) is 5.18. The minimum absolute atomic E-state index is 0.353. The van der Waals surface area contributed by atoms with Crippen molar-refractivity contribution in [1.29, 1.82) is 0 Å². The molecule has 1 aliphatic carbocycles. The standard InChI is InChI=1S/C11H11Cl2N5/c12-9-5-6(14)4-8(10(9)13)11-15-16-17-18(11)7-2-1-3-7/h4-5,7H,1-3,14H2. The van der Waals surface area contributed by atoms with Crippen LogP contribution in [0.4, 0.5) is 5.69 Å². The summed E-state index contributed by atoms with van der Waals surface area (Å²) in [6, 6.07) is 3.71. The Hall–Kier alpha value is -1.33. The highest BCUT2D eigenvalue weighted by Crippen LogP contribution is 2.38. The van der Waals surface area contributed by atoms with Gasteiger partial charge in [0.15, 0.2) is 5.82 Å². The minimum atomic E-state index is 0.353. The number of rotatable bonds is 2. The SMILES string of the molecule is Nc1cc(Cl)c(Cl)c(-c2nnnn2C2CCC2)c1. The molecule has 1 aliphatic rings. The van der Waals surface area contributed by atoms with Crippen molar-refractivity contribution in [2.75, 3.05) is 5.73 Å². The molecule has 7 heteroatoms. The van der Waals surface area contributed by atoms with Gasteiger partial charge in [0.1, 0.15) is 0 Å². The molecule has 2 aromatic rings. The Labute approximate surface area is 114 Å². The van der Waals surface area contributed by atoms with E-state index in [0.29, 0.717) is 33.2 Å². The van der Waals surface area contributed by atoms with Gasteiger partial charge in [0.05, 0.1) is 16.1 Å². The number of hydrogen-bond donors (Lipinski definition) is 1. The summed E-state index contributed by atoms with van der Waals surface area (Å²) in [6.07, 6.45) is 3.38. The highest BCUT2D eigenvalue weighted by molar-refractivity contribution is 6.43. The van der Waals surface area contributed by atoms with Crippen molar-refractivity contribution in [3.8, 4) is 11.4 Å². The lowest BCUT2D eigenvalue weighted by molar-refractivity contribution is 0.287. The van der Waals surface area contributed by atoms with Gasteiger partial charge in [-0.25, -0.2) is 4.68 Å². The van der Waals surface area contributed by atoms with Crippen molar-refractivity contribution in [1.82, 2.24) is 20.2 Å². The van der Waals surface area contributed by atoms with Crippen LogP contribution in [0.25, 0.3) is 11.4 Å². The highest BCUT2D eigenvalue weighted by Gasteiger charge is 2.25. The molecule has 1 heterocycles. The number of aromatic nitrogens is 4. The van der Waals surface area contributed by atoms with Crippen LogP contribution in [0.3, 0.4) is 0 Å². The first-order valence-corrected chi connectivity index (χ1v) is 6.45. The monoisotopic (exact) mass is 283 g/mol. The lowest BCUT2D eigenvalue weighted by atomic mass is 9.93. The van der Waals surface area contributed by atoms with Crippen LogP contribution in [0, 0.1) is 0 Å². The Balaban J connectivity index is 2.12. The lowest BCUT2D eigenvalue weighted by Gasteiger charge is -2.26. The lowest BCUT2D eigenvalue weighted by Crippen LogP contribution is -2.19. The van der Waals surface area contributed by atoms with E-state index in [1.807, 2.05) is 0 Å². The Bertz CT molecular complexity index is 591. The second-order valence-electron chi connectivity index (χ2n) is 4.40. The molecule has 0 bridgehead atoms. The largest absolute Gasteiger partial charge is 0.399 e. The number of nitrogen functional groups attached to an aromatic ring is 1. The van der Waals surface area contributed by atoms with Gasteiger partial charge in [0.25, 0.3) is 0 Å². The van der Waals surface area contributed by atoms with Crippen molar-refractivity contribution in [2.45, 2.75) is 25.3 Å².